The van der Waals surface area contributed by atoms with Crippen molar-refractivity contribution in [1.82, 2.24) is 4.90 Å². The first-order valence-corrected chi connectivity index (χ1v) is 10.3. The van der Waals surface area contributed by atoms with Crippen LogP contribution >= 0.6 is 0 Å². The average Bonchev–Trinajstić information content (AvgIpc) is 2.99. The summed E-state index contributed by atoms with van der Waals surface area (Å²) in [6, 6.07) is 14.4. The smallest absolute Gasteiger partial charge is 0.206 e. The van der Waals surface area contributed by atoms with Gasteiger partial charge < -0.3 is 4.74 Å². The highest BCUT2D eigenvalue weighted by atomic mass is 32.2. The number of hydrogen-bond acceptors (Lipinski definition) is 4. The quantitative estimate of drug-likeness (QED) is 0.844. The summed E-state index contributed by atoms with van der Waals surface area (Å²) >= 11 is 0. The maximum absolute atomic E-state index is 12.8. The van der Waals surface area contributed by atoms with Gasteiger partial charge in [0.15, 0.2) is 0 Å². The summed E-state index contributed by atoms with van der Waals surface area (Å²) in [6.45, 7) is 6.36. The van der Waals surface area contributed by atoms with Crippen molar-refractivity contribution in [2.24, 2.45) is 0 Å². The molecule has 4 nitrogen and oxygen atoms in total. The van der Waals surface area contributed by atoms with Crippen LogP contribution in [-0.4, -0.2) is 38.6 Å². The standard InChI is InChI=1S/C20H23NO3S/c1-14(2)21-11-10-18-17-9-8-16(12-19(17)24-20(18)13-21)25(22,23)15-6-4-3-5-7-15/h3-9,12,14,18,20H,10-11,13H2,1-2H3. The molecule has 0 saturated carbocycles. The molecule has 0 N–H and O–H groups in total. The molecular weight excluding hydrogens is 334 g/mol. The third-order valence-corrected chi connectivity index (χ3v) is 7.11. The average molecular weight is 357 g/mol. The van der Waals surface area contributed by atoms with E-state index < -0.39 is 9.84 Å². The number of fused-ring (bicyclic) bond motifs is 3. The zero-order valence-electron chi connectivity index (χ0n) is 14.6. The zero-order valence-corrected chi connectivity index (χ0v) is 15.4. The molecule has 2 aliphatic rings. The fourth-order valence-electron chi connectivity index (χ4n) is 3.87. The molecule has 0 aromatic heterocycles. The third-order valence-electron chi connectivity index (χ3n) is 5.35. The van der Waals surface area contributed by atoms with Crippen LogP contribution in [0.15, 0.2) is 58.3 Å². The van der Waals surface area contributed by atoms with Gasteiger partial charge in [-0.1, -0.05) is 24.3 Å². The lowest BCUT2D eigenvalue weighted by Gasteiger charge is -2.36. The molecule has 2 heterocycles. The second kappa shape index (κ2) is 6.15. The summed E-state index contributed by atoms with van der Waals surface area (Å²) < 4.78 is 31.8. The molecule has 2 aromatic rings. The van der Waals surface area contributed by atoms with Crippen LogP contribution in [0.25, 0.3) is 0 Å². The molecule has 0 amide bonds. The van der Waals surface area contributed by atoms with Gasteiger partial charge in [0.25, 0.3) is 0 Å². The normalized spacial score (nSPS) is 23.2. The summed E-state index contributed by atoms with van der Waals surface area (Å²) in [6.07, 6.45) is 1.18. The Morgan fingerprint density at radius 1 is 1.08 bits per heavy atom. The molecule has 0 spiro atoms. The van der Waals surface area contributed by atoms with Gasteiger partial charge in [0.1, 0.15) is 11.9 Å². The monoisotopic (exact) mass is 357 g/mol. The summed E-state index contributed by atoms with van der Waals surface area (Å²) in [5.74, 6) is 1.11. The van der Waals surface area contributed by atoms with Gasteiger partial charge in [-0.15, -0.1) is 0 Å². The van der Waals surface area contributed by atoms with E-state index in [1.54, 1.807) is 36.4 Å². The van der Waals surface area contributed by atoms with Gasteiger partial charge in [0.2, 0.25) is 9.84 Å². The van der Waals surface area contributed by atoms with Crippen LogP contribution in [-0.2, 0) is 9.84 Å². The largest absolute Gasteiger partial charge is 0.488 e. The Bertz CT molecular complexity index is 877. The Labute approximate surface area is 149 Å². The summed E-state index contributed by atoms with van der Waals surface area (Å²) in [4.78, 5) is 3.04. The first-order valence-electron chi connectivity index (χ1n) is 8.81. The number of likely N-dealkylation sites (tertiary alicyclic amines) is 1. The number of sulfone groups is 1. The third kappa shape index (κ3) is 2.85. The maximum atomic E-state index is 12.8. The SMILES string of the molecule is CC(C)N1CCC2c3ccc(S(=O)(=O)c4ccccc4)cc3OC2C1. The lowest BCUT2D eigenvalue weighted by molar-refractivity contribution is 0.0729. The molecular formula is C20H23NO3S. The fourth-order valence-corrected chi connectivity index (χ4v) is 5.17. The van der Waals surface area contributed by atoms with E-state index in [-0.39, 0.29) is 6.10 Å². The second-order valence-electron chi connectivity index (χ2n) is 7.16. The van der Waals surface area contributed by atoms with E-state index in [2.05, 4.69) is 18.7 Å². The predicted molar refractivity (Wildman–Crippen MR) is 96.8 cm³/mol. The van der Waals surface area contributed by atoms with Crippen LogP contribution in [0.4, 0.5) is 0 Å². The van der Waals surface area contributed by atoms with Crippen molar-refractivity contribution in [2.75, 3.05) is 13.1 Å². The molecule has 1 fully saturated rings. The number of rotatable bonds is 3. The van der Waals surface area contributed by atoms with Crippen LogP contribution in [0, 0.1) is 0 Å². The zero-order chi connectivity index (χ0) is 17.6. The van der Waals surface area contributed by atoms with Gasteiger partial charge >= 0.3 is 0 Å². The van der Waals surface area contributed by atoms with E-state index in [1.165, 1.54) is 0 Å². The number of nitrogens with zero attached hydrogens (tertiary/aromatic N) is 1. The topological polar surface area (TPSA) is 46.6 Å². The summed E-state index contributed by atoms with van der Waals surface area (Å²) in [5, 5.41) is 0. The fraction of sp³-hybridized carbons (Fsp3) is 0.400. The van der Waals surface area contributed by atoms with Gasteiger partial charge in [-0.05, 0) is 51.1 Å². The Morgan fingerprint density at radius 3 is 2.56 bits per heavy atom. The van der Waals surface area contributed by atoms with Gasteiger partial charge in [0, 0.05) is 24.1 Å². The van der Waals surface area contributed by atoms with Crippen molar-refractivity contribution in [2.45, 2.75) is 48.1 Å². The van der Waals surface area contributed by atoms with Crippen LogP contribution in [0.1, 0.15) is 31.7 Å². The number of hydrogen-bond donors (Lipinski definition) is 0. The summed E-state index contributed by atoms with van der Waals surface area (Å²) in [5.41, 5.74) is 1.15. The van der Waals surface area contributed by atoms with Crippen molar-refractivity contribution in [1.29, 1.82) is 0 Å². The Balaban J connectivity index is 1.65. The van der Waals surface area contributed by atoms with Gasteiger partial charge in [-0.3, -0.25) is 4.90 Å². The second-order valence-corrected chi connectivity index (χ2v) is 9.11. The lowest BCUT2D eigenvalue weighted by atomic mass is 9.88. The molecule has 2 unspecified atom stereocenters. The number of ether oxygens (including phenoxy) is 1. The van der Waals surface area contributed by atoms with Crippen LogP contribution in [0.2, 0.25) is 0 Å². The number of piperidine rings is 1. The van der Waals surface area contributed by atoms with Crippen LogP contribution in [0.3, 0.4) is 0 Å². The van der Waals surface area contributed by atoms with E-state index in [0.29, 0.717) is 21.8 Å². The minimum Gasteiger partial charge on any atom is -0.488 e. The van der Waals surface area contributed by atoms with Crippen LogP contribution < -0.4 is 4.74 Å². The summed E-state index contributed by atoms with van der Waals surface area (Å²) in [7, 11) is -3.51. The van der Waals surface area contributed by atoms with E-state index in [4.69, 9.17) is 4.74 Å². The van der Waals surface area contributed by atoms with Gasteiger partial charge in [0.05, 0.1) is 9.79 Å². The molecule has 5 heteroatoms. The number of benzene rings is 2. The molecule has 132 valence electrons. The molecule has 2 aliphatic heterocycles. The molecule has 2 atom stereocenters. The first kappa shape index (κ1) is 16.6. The van der Waals surface area contributed by atoms with Gasteiger partial charge in [-0.2, -0.15) is 0 Å². The minimum atomic E-state index is -3.51. The van der Waals surface area contributed by atoms with Crippen molar-refractivity contribution in [3.8, 4) is 5.75 Å². The Kier molecular flexibility index (Phi) is 4.08. The minimum absolute atomic E-state index is 0.126. The first-order chi connectivity index (χ1) is 12.0. The molecule has 0 bridgehead atoms. The van der Waals surface area contributed by atoms with Crippen molar-refractivity contribution >= 4 is 9.84 Å². The molecule has 25 heavy (non-hydrogen) atoms. The Hall–Kier alpha value is -1.85. The van der Waals surface area contributed by atoms with E-state index in [1.807, 2.05) is 12.1 Å². The van der Waals surface area contributed by atoms with E-state index in [0.717, 1.165) is 30.8 Å². The maximum Gasteiger partial charge on any atom is 0.206 e. The van der Waals surface area contributed by atoms with Gasteiger partial charge in [-0.25, -0.2) is 8.42 Å². The lowest BCUT2D eigenvalue weighted by Crippen LogP contribution is -2.46. The van der Waals surface area contributed by atoms with Crippen LogP contribution in [0.5, 0.6) is 5.75 Å². The highest BCUT2D eigenvalue weighted by Gasteiger charge is 2.39. The van der Waals surface area contributed by atoms with E-state index in [9.17, 15) is 8.42 Å². The van der Waals surface area contributed by atoms with Crippen molar-refractivity contribution in [3.05, 3.63) is 54.1 Å². The Morgan fingerprint density at radius 2 is 1.84 bits per heavy atom. The predicted octanol–water partition coefficient (Wildman–Crippen LogP) is 3.48. The van der Waals surface area contributed by atoms with Crippen molar-refractivity contribution < 1.29 is 13.2 Å². The van der Waals surface area contributed by atoms with E-state index >= 15 is 0 Å². The highest BCUT2D eigenvalue weighted by Crippen LogP contribution is 2.44. The van der Waals surface area contributed by atoms with Crippen molar-refractivity contribution in [3.63, 3.8) is 0 Å². The molecule has 1 saturated heterocycles. The highest BCUT2D eigenvalue weighted by molar-refractivity contribution is 7.91. The molecule has 0 aliphatic carbocycles. The molecule has 0 radical (unpaired) electrons. The molecule has 4 rings (SSSR count). The molecule has 2 aromatic carbocycles.